The van der Waals surface area contributed by atoms with E-state index in [2.05, 4.69) is 0 Å². The number of phenols is 1. The quantitative estimate of drug-likeness (QED) is 0.535. The lowest BCUT2D eigenvalue weighted by atomic mass is 9.91. The summed E-state index contributed by atoms with van der Waals surface area (Å²) in [5.74, 6) is -0.689. The molecule has 31 heavy (non-hydrogen) atoms. The van der Waals surface area contributed by atoms with Gasteiger partial charge in [-0.1, -0.05) is 45.9 Å². The Morgan fingerprint density at radius 2 is 1.65 bits per heavy atom. The summed E-state index contributed by atoms with van der Waals surface area (Å²) >= 11 is 0. The van der Waals surface area contributed by atoms with Crippen molar-refractivity contribution in [2.45, 2.75) is 51.5 Å². The lowest BCUT2D eigenvalue weighted by Crippen LogP contribution is -2.09. The Balaban J connectivity index is 2.51. The Hall–Kier alpha value is -2.79. The van der Waals surface area contributed by atoms with Crippen LogP contribution in [0.5, 0.6) is 5.75 Å². The molecule has 2 aromatic carbocycles. The number of aromatic hydroxyl groups is 1. The molecule has 4 nitrogen and oxygen atoms in total. The van der Waals surface area contributed by atoms with E-state index in [0.717, 1.165) is 18.2 Å². The molecule has 0 fully saturated rings. The number of phenolic OH excluding ortho intramolecular Hbond substituents is 1. The van der Waals surface area contributed by atoms with E-state index in [1.165, 1.54) is 12.1 Å². The number of sulfone groups is 1. The van der Waals surface area contributed by atoms with Gasteiger partial charge in [-0.15, -0.1) is 0 Å². The van der Waals surface area contributed by atoms with Crippen molar-refractivity contribution in [3.8, 4) is 11.8 Å². The summed E-state index contributed by atoms with van der Waals surface area (Å²) in [4.78, 5) is -0.556. The van der Waals surface area contributed by atoms with Crippen LogP contribution >= 0.6 is 0 Å². The van der Waals surface area contributed by atoms with Crippen LogP contribution in [0.3, 0.4) is 0 Å². The van der Waals surface area contributed by atoms with Gasteiger partial charge in [-0.05, 0) is 58.4 Å². The van der Waals surface area contributed by atoms with Gasteiger partial charge in [0.05, 0.1) is 11.3 Å². The molecule has 0 atom stereocenters. The van der Waals surface area contributed by atoms with E-state index in [1.54, 1.807) is 18.2 Å². The van der Waals surface area contributed by atoms with Crippen LogP contribution in [0.25, 0.3) is 6.08 Å². The van der Waals surface area contributed by atoms with Gasteiger partial charge in [-0.2, -0.15) is 18.4 Å². The van der Waals surface area contributed by atoms with Crippen molar-refractivity contribution in [3.63, 3.8) is 0 Å². The summed E-state index contributed by atoms with van der Waals surface area (Å²) < 4.78 is 64.3. The minimum atomic E-state index is -4.60. The summed E-state index contributed by atoms with van der Waals surface area (Å²) in [5, 5.41) is 20.0. The molecule has 2 rings (SSSR count). The molecule has 0 aromatic heterocycles. The normalized spacial score (nSPS) is 13.0. The van der Waals surface area contributed by atoms with Crippen molar-refractivity contribution < 1.29 is 26.7 Å². The molecular weight excluding hydrogens is 427 g/mol. The van der Waals surface area contributed by atoms with Gasteiger partial charge in [0.2, 0.25) is 0 Å². The fraction of sp³-hybridized carbons (Fsp3) is 0.348. The van der Waals surface area contributed by atoms with E-state index < -0.39 is 32.2 Å². The molecule has 0 saturated carbocycles. The van der Waals surface area contributed by atoms with Gasteiger partial charge < -0.3 is 5.11 Å². The molecule has 2 aromatic rings. The summed E-state index contributed by atoms with van der Waals surface area (Å²) in [7, 11) is -4.19. The number of hydrogen-bond acceptors (Lipinski definition) is 4. The van der Waals surface area contributed by atoms with Crippen LogP contribution in [0.15, 0.2) is 41.3 Å². The SMILES string of the molecule is CC(C)c1cc(/C=C(\C#N)S(=O)(=O)Cc2cccc(C(F)(F)F)c2)cc(C(C)C)c1O. The summed E-state index contributed by atoms with van der Waals surface area (Å²) in [6.07, 6.45) is -3.40. The van der Waals surface area contributed by atoms with Crippen LogP contribution in [-0.2, 0) is 21.8 Å². The van der Waals surface area contributed by atoms with Crippen molar-refractivity contribution in [2.24, 2.45) is 0 Å². The largest absolute Gasteiger partial charge is 0.507 e. The van der Waals surface area contributed by atoms with Gasteiger partial charge >= 0.3 is 6.18 Å². The maximum atomic E-state index is 12.9. The number of allylic oxidation sites excluding steroid dienone is 1. The lowest BCUT2D eigenvalue weighted by Gasteiger charge is -2.16. The van der Waals surface area contributed by atoms with E-state index in [9.17, 15) is 32.0 Å². The lowest BCUT2D eigenvalue weighted by molar-refractivity contribution is -0.137. The van der Waals surface area contributed by atoms with Gasteiger partial charge in [-0.25, -0.2) is 8.42 Å². The predicted octanol–water partition coefficient (Wildman–Crippen LogP) is 6.14. The molecule has 0 aliphatic rings. The van der Waals surface area contributed by atoms with Gasteiger partial charge in [0.15, 0.2) is 9.84 Å². The molecule has 0 amide bonds. The molecule has 0 bridgehead atoms. The van der Waals surface area contributed by atoms with Crippen molar-refractivity contribution in [1.82, 2.24) is 0 Å². The number of halogens is 3. The van der Waals surface area contributed by atoms with E-state index in [1.807, 2.05) is 27.7 Å². The molecule has 0 aliphatic heterocycles. The highest BCUT2D eigenvalue weighted by atomic mass is 32.2. The van der Waals surface area contributed by atoms with E-state index in [4.69, 9.17) is 0 Å². The molecule has 0 aliphatic carbocycles. The first-order chi connectivity index (χ1) is 14.3. The van der Waals surface area contributed by atoms with E-state index in [0.29, 0.717) is 16.7 Å². The van der Waals surface area contributed by atoms with Crippen LogP contribution < -0.4 is 0 Å². The number of nitrogens with zero attached hydrogens (tertiary/aromatic N) is 1. The maximum absolute atomic E-state index is 12.9. The van der Waals surface area contributed by atoms with Crippen molar-refractivity contribution in [3.05, 3.63) is 69.1 Å². The number of rotatable bonds is 6. The van der Waals surface area contributed by atoms with Crippen molar-refractivity contribution >= 4 is 15.9 Å². The highest BCUT2D eigenvalue weighted by Crippen LogP contribution is 2.36. The Morgan fingerprint density at radius 3 is 2.10 bits per heavy atom. The third-order valence-electron chi connectivity index (χ3n) is 4.79. The highest BCUT2D eigenvalue weighted by molar-refractivity contribution is 7.95. The Labute approximate surface area is 180 Å². The number of nitriles is 1. The number of hydrogen-bond donors (Lipinski definition) is 1. The molecule has 0 saturated heterocycles. The first-order valence-corrected chi connectivity index (χ1v) is 11.3. The third-order valence-corrected chi connectivity index (χ3v) is 6.38. The van der Waals surface area contributed by atoms with Crippen LogP contribution in [0.1, 0.15) is 67.3 Å². The monoisotopic (exact) mass is 451 g/mol. The topological polar surface area (TPSA) is 78.2 Å². The smallest absolute Gasteiger partial charge is 0.416 e. The van der Waals surface area contributed by atoms with E-state index >= 15 is 0 Å². The molecule has 1 N–H and O–H groups in total. The van der Waals surface area contributed by atoms with Crippen molar-refractivity contribution in [1.29, 1.82) is 5.26 Å². The molecule has 166 valence electrons. The second-order valence-corrected chi connectivity index (χ2v) is 9.89. The zero-order valence-corrected chi connectivity index (χ0v) is 18.5. The zero-order valence-electron chi connectivity index (χ0n) is 17.7. The Bertz CT molecular complexity index is 1110. The first kappa shape index (κ1) is 24.5. The minimum Gasteiger partial charge on any atom is -0.507 e. The van der Waals surface area contributed by atoms with Crippen LogP contribution in [-0.4, -0.2) is 13.5 Å². The standard InChI is InChI=1S/C23H24F3NO3S/c1-14(2)20-10-17(11-21(15(3)4)22(20)28)9-19(12-27)31(29,30)13-16-6-5-7-18(8-16)23(24,25)26/h5-11,14-15,28H,13H2,1-4H3/b19-9+. The number of alkyl halides is 3. The first-order valence-electron chi connectivity index (χ1n) is 9.63. The predicted molar refractivity (Wildman–Crippen MR) is 114 cm³/mol. The molecular formula is C23H24F3NO3S. The Morgan fingerprint density at radius 1 is 1.10 bits per heavy atom. The van der Waals surface area contributed by atoms with Crippen LogP contribution in [0, 0.1) is 11.3 Å². The van der Waals surface area contributed by atoms with Gasteiger partial charge in [0, 0.05) is 0 Å². The fourth-order valence-electron chi connectivity index (χ4n) is 3.15. The van der Waals surface area contributed by atoms with Gasteiger partial charge in [0.25, 0.3) is 0 Å². The average molecular weight is 452 g/mol. The number of benzene rings is 2. The molecule has 0 unspecified atom stereocenters. The summed E-state index contributed by atoms with van der Waals surface area (Å²) in [6, 6.07) is 8.91. The van der Waals surface area contributed by atoms with Crippen LogP contribution in [0.4, 0.5) is 13.2 Å². The van der Waals surface area contributed by atoms with Gasteiger partial charge in [0.1, 0.15) is 16.7 Å². The second kappa shape index (κ2) is 9.15. The van der Waals surface area contributed by atoms with Crippen molar-refractivity contribution in [2.75, 3.05) is 0 Å². The Kier molecular flexibility index (Phi) is 7.22. The molecule has 8 heteroatoms. The zero-order chi connectivity index (χ0) is 23.6. The van der Waals surface area contributed by atoms with Crippen LogP contribution in [0.2, 0.25) is 0 Å². The molecule has 0 spiro atoms. The highest BCUT2D eigenvalue weighted by Gasteiger charge is 2.31. The minimum absolute atomic E-state index is 0.0434. The second-order valence-electron chi connectivity index (χ2n) is 7.93. The van der Waals surface area contributed by atoms with Gasteiger partial charge in [-0.3, -0.25) is 0 Å². The maximum Gasteiger partial charge on any atom is 0.416 e. The third kappa shape index (κ3) is 5.88. The van der Waals surface area contributed by atoms with E-state index in [-0.39, 0.29) is 23.1 Å². The molecule has 0 radical (unpaired) electrons. The average Bonchev–Trinajstić information content (AvgIpc) is 2.65. The summed E-state index contributed by atoms with van der Waals surface area (Å²) in [6.45, 7) is 7.51. The molecule has 0 heterocycles. The summed E-state index contributed by atoms with van der Waals surface area (Å²) in [5.41, 5.74) is 0.640. The fourth-order valence-corrected chi connectivity index (χ4v) is 4.37.